The number of aromatic nitrogens is 1. The van der Waals surface area contributed by atoms with Crippen molar-refractivity contribution in [3.05, 3.63) is 41.4 Å². The molecule has 1 fully saturated rings. The standard InChI is InChI=1S/C17H19ClN2O3/c18-13-5-3-12(4-6-13)15-11-20-17(23-15)8-7-16(21)19-10-14-2-1-9-22-14/h3-6,11,14H,1-2,7-10H2,(H,19,21)/t14-/m0/s1. The van der Waals surface area contributed by atoms with Crippen LogP contribution in [0.1, 0.15) is 25.2 Å². The molecular weight excluding hydrogens is 316 g/mol. The minimum atomic E-state index is -0.00765. The monoisotopic (exact) mass is 334 g/mol. The van der Waals surface area contributed by atoms with Gasteiger partial charge in [0, 0.05) is 36.6 Å². The maximum Gasteiger partial charge on any atom is 0.220 e. The first-order valence-electron chi connectivity index (χ1n) is 7.79. The van der Waals surface area contributed by atoms with E-state index in [1.54, 1.807) is 18.3 Å². The number of ether oxygens (including phenoxy) is 1. The van der Waals surface area contributed by atoms with Gasteiger partial charge in [0.2, 0.25) is 5.91 Å². The fraction of sp³-hybridized carbons (Fsp3) is 0.412. The van der Waals surface area contributed by atoms with Crippen molar-refractivity contribution < 1.29 is 13.9 Å². The maximum absolute atomic E-state index is 11.8. The van der Waals surface area contributed by atoms with E-state index < -0.39 is 0 Å². The van der Waals surface area contributed by atoms with E-state index in [2.05, 4.69) is 10.3 Å². The van der Waals surface area contributed by atoms with Crippen LogP contribution in [0.2, 0.25) is 5.02 Å². The second-order valence-corrected chi connectivity index (χ2v) is 6.00. The highest BCUT2D eigenvalue weighted by Crippen LogP contribution is 2.22. The van der Waals surface area contributed by atoms with Gasteiger partial charge in [-0.05, 0) is 37.1 Å². The number of hydrogen-bond donors (Lipinski definition) is 1. The van der Waals surface area contributed by atoms with E-state index >= 15 is 0 Å². The van der Waals surface area contributed by atoms with Crippen molar-refractivity contribution in [2.45, 2.75) is 31.8 Å². The summed E-state index contributed by atoms with van der Waals surface area (Å²) < 4.78 is 11.2. The number of aryl methyl sites for hydroxylation is 1. The summed E-state index contributed by atoms with van der Waals surface area (Å²) in [6, 6.07) is 7.36. The van der Waals surface area contributed by atoms with Gasteiger partial charge in [-0.2, -0.15) is 0 Å². The summed E-state index contributed by atoms with van der Waals surface area (Å²) in [4.78, 5) is 16.1. The van der Waals surface area contributed by atoms with Gasteiger partial charge in [-0.1, -0.05) is 11.6 Å². The molecule has 0 bridgehead atoms. The molecule has 23 heavy (non-hydrogen) atoms. The zero-order valence-corrected chi connectivity index (χ0v) is 13.5. The highest BCUT2D eigenvalue weighted by Gasteiger charge is 2.16. The molecule has 2 heterocycles. The predicted octanol–water partition coefficient (Wildman–Crippen LogP) is 3.22. The highest BCUT2D eigenvalue weighted by atomic mass is 35.5. The van der Waals surface area contributed by atoms with Crippen LogP contribution in [0.3, 0.4) is 0 Å². The molecule has 0 aliphatic carbocycles. The van der Waals surface area contributed by atoms with Gasteiger partial charge in [-0.25, -0.2) is 4.98 Å². The van der Waals surface area contributed by atoms with Crippen LogP contribution in [-0.2, 0) is 16.0 Å². The Morgan fingerprint density at radius 2 is 2.17 bits per heavy atom. The molecule has 122 valence electrons. The summed E-state index contributed by atoms with van der Waals surface area (Å²) in [6.45, 7) is 1.38. The molecule has 1 N–H and O–H groups in total. The average molecular weight is 335 g/mol. The molecule has 0 radical (unpaired) electrons. The van der Waals surface area contributed by atoms with Gasteiger partial charge >= 0.3 is 0 Å². The molecule has 1 atom stereocenters. The quantitative estimate of drug-likeness (QED) is 0.881. The molecule has 0 saturated carbocycles. The van der Waals surface area contributed by atoms with Crippen molar-refractivity contribution in [1.82, 2.24) is 10.3 Å². The van der Waals surface area contributed by atoms with E-state index in [9.17, 15) is 4.79 Å². The predicted molar refractivity (Wildman–Crippen MR) is 87.3 cm³/mol. The van der Waals surface area contributed by atoms with E-state index in [1.165, 1.54) is 0 Å². The third-order valence-electron chi connectivity index (χ3n) is 3.80. The van der Waals surface area contributed by atoms with E-state index in [1.807, 2.05) is 12.1 Å². The molecule has 1 amide bonds. The number of amides is 1. The Kier molecular flexibility index (Phi) is 5.31. The van der Waals surface area contributed by atoms with Gasteiger partial charge in [-0.15, -0.1) is 0 Å². The largest absolute Gasteiger partial charge is 0.441 e. The van der Waals surface area contributed by atoms with Crippen LogP contribution in [0.5, 0.6) is 0 Å². The van der Waals surface area contributed by atoms with Crippen molar-refractivity contribution in [1.29, 1.82) is 0 Å². The summed E-state index contributed by atoms with van der Waals surface area (Å²) in [5, 5.41) is 3.57. The molecule has 2 aromatic rings. The summed E-state index contributed by atoms with van der Waals surface area (Å²) in [5.74, 6) is 1.23. The van der Waals surface area contributed by atoms with Gasteiger partial charge in [0.25, 0.3) is 0 Å². The lowest BCUT2D eigenvalue weighted by Crippen LogP contribution is -2.31. The Morgan fingerprint density at radius 1 is 1.35 bits per heavy atom. The van der Waals surface area contributed by atoms with Gasteiger partial charge in [-0.3, -0.25) is 4.79 Å². The molecule has 0 spiro atoms. The van der Waals surface area contributed by atoms with Crippen LogP contribution in [0.25, 0.3) is 11.3 Å². The molecule has 1 aromatic heterocycles. The molecule has 1 aliphatic heterocycles. The molecule has 1 aliphatic rings. The van der Waals surface area contributed by atoms with Crippen molar-refractivity contribution in [3.63, 3.8) is 0 Å². The lowest BCUT2D eigenvalue weighted by Gasteiger charge is -2.10. The van der Waals surface area contributed by atoms with Crippen LogP contribution < -0.4 is 5.32 Å². The summed E-state index contributed by atoms with van der Waals surface area (Å²) in [7, 11) is 0. The third kappa shape index (κ3) is 4.56. The molecule has 5 nitrogen and oxygen atoms in total. The van der Waals surface area contributed by atoms with Crippen molar-refractivity contribution in [3.8, 4) is 11.3 Å². The summed E-state index contributed by atoms with van der Waals surface area (Å²) >= 11 is 5.87. The molecule has 1 aromatic carbocycles. The van der Waals surface area contributed by atoms with Crippen molar-refractivity contribution >= 4 is 17.5 Å². The van der Waals surface area contributed by atoms with Gasteiger partial charge in [0.15, 0.2) is 11.7 Å². The third-order valence-corrected chi connectivity index (χ3v) is 4.05. The lowest BCUT2D eigenvalue weighted by atomic mass is 10.2. The van der Waals surface area contributed by atoms with Crippen LogP contribution in [0, 0.1) is 0 Å². The van der Waals surface area contributed by atoms with Crippen LogP contribution in [0.15, 0.2) is 34.9 Å². The van der Waals surface area contributed by atoms with Gasteiger partial charge in [0.05, 0.1) is 12.3 Å². The minimum Gasteiger partial charge on any atom is -0.441 e. The first kappa shape index (κ1) is 16.0. The Bertz CT molecular complexity index is 648. The molecule has 1 saturated heterocycles. The number of hydrogen-bond acceptors (Lipinski definition) is 4. The van der Waals surface area contributed by atoms with Crippen molar-refractivity contribution in [2.24, 2.45) is 0 Å². The number of benzene rings is 1. The number of nitrogens with one attached hydrogen (secondary N) is 1. The second kappa shape index (κ2) is 7.62. The number of oxazole rings is 1. The van der Waals surface area contributed by atoms with Crippen LogP contribution in [0.4, 0.5) is 0 Å². The van der Waals surface area contributed by atoms with Gasteiger partial charge < -0.3 is 14.5 Å². The first-order valence-corrected chi connectivity index (χ1v) is 8.17. The Hall–Kier alpha value is -1.85. The minimum absolute atomic E-state index is 0.00765. The summed E-state index contributed by atoms with van der Waals surface area (Å²) in [5.41, 5.74) is 0.913. The number of halogens is 1. The molecule has 3 rings (SSSR count). The van der Waals surface area contributed by atoms with E-state index in [0.717, 1.165) is 25.0 Å². The van der Waals surface area contributed by atoms with Gasteiger partial charge in [0.1, 0.15) is 0 Å². The fourth-order valence-electron chi connectivity index (χ4n) is 2.52. The number of carbonyl (C=O) groups is 1. The Labute approximate surface area is 140 Å². The Morgan fingerprint density at radius 3 is 2.91 bits per heavy atom. The maximum atomic E-state index is 11.8. The summed E-state index contributed by atoms with van der Waals surface area (Å²) in [6.07, 6.45) is 4.76. The molecular formula is C17H19ClN2O3. The number of carbonyl (C=O) groups excluding carboxylic acids is 1. The fourth-order valence-corrected chi connectivity index (χ4v) is 2.64. The van der Waals surface area contributed by atoms with E-state index in [0.29, 0.717) is 36.1 Å². The number of nitrogens with zero attached hydrogens (tertiary/aromatic N) is 1. The second-order valence-electron chi connectivity index (χ2n) is 5.56. The Balaban J connectivity index is 1.47. The van der Waals surface area contributed by atoms with Crippen molar-refractivity contribution in [2.75, 3.05) is 13.2 Å². The number of rotatable bonds is 6. The van der Waals surface area contributed by atoms with E-state index in [4.69, 9.17) is 20.8 Å². The smallest absolute Gasteiger partial charge is 0.220 e. The molecule has 6 heteroatoms. The van der Waals surface area contributed by atoms with Crippen LogP contribution in [-0.4, -0.2) is 30.1 Å². The molecule has 0 unspecified atom stereocenters. The zero-order chi connectivity index (χ0) is 16.1. The topological polar surface area (TPSA) is 64.4 Å². The van der Waals surface area contributed by atoms with E-state index in [-0.39, 0.29) is 12.0 Å². The SMILES string of the molecule is O=C(CCc1ncc(-c2ccc(Cl)cc2)o1)NC[C@@H]1CCCO1. The first-order chi connectivity index (χ1) is 11.2. The lowest BCUT2D eigenvalue weighted by molar-refractivity contribution is -0.121. The highest BCUT2D eigenvalue weighted by molar-refractivity contribution is 6.30. The normalized spacial score (nSPS) is 17.3. The zero-order valence-electron chi connectivity index (χ0n) is 12.8. The average Bonchev–Trinajstić information content (AvgIpc) is 3.23. The van der Waals surface area contributed by atoms with Crippen LogP contribution >= 0.6 is 11.6 Å².